The molecule has 0 saturated heterocycles. The molecule has 3 rings (SSSR count). The highest BCUT2D eigenvalue weighted by Gasteiger charge is 2.21. The normalized spacial score (nSPS) is 10.5. The van der Waals surface area contributed by atoms with Crippen LogP contribution < -0.4 is 14.8 Å². The topological polar surface area (TPSA) is 69.6 Å². The van der Waals surface area contributed by atoms with Gasteiger partial charge in [0.15, 0.2) is 0 Å². The molecular formula is C23H23FN2O4. The maximum Gasteiger partial charge on any atom is 0.298 e. The third kappa shape index (κ3) is 5.05. The zero-order chi connectivity index (χ0) is 21.5. The number of Topliss-reactive ketones (excluding diaryl/α,β-unsaturated/α-hetero) is 1. The highest BCUT2D eigenvalue weighted by Crippen LogP contribution is 2.29. The van der Waals surface area contributed by atoms with Crippen molar-refractivity contribution in [3.05, 3.63) is 77.9 Å². The number of carbonyl (C=O) groups is 2. The van der Waals surface area contributed by atoms with Crippen LogP contribution in [0.4, 0.5) is 10.1 Å². The third-order valence-electron chi connectivity index (χ3n) is 4.34. The lowest BCUT2D eigenvalue weighted by atomic mass is 10.2. The zero-order valence-corrected chi connectivity index (χ0v) is 16.9. The molecule has 1 amide bonds. The van der Waals surface area contributed by atoms with E-state index in [0.717, 1.165) is 5.56 Å². The summed E-state index contributed by atoms with van der Waals surface area (Å²) in [6.07, 6.45) is 1.70. The quantitative estimate of drug-likeness (QED) is 0.422. The third-order valence-corrected chi connectivity index (χ3v) is 4.34. The van der Waals surface area contributed by atoms with Crippen LogP contribution in [0.2, 0.25) is 0 Å². The van der Waals surface area contributed by atoms with Crippen molar-refractivity contribution in [2.24, 2.45) is 0 Å². The Hall–Kier alpha value is -3.61. The van der Waals surface area contributed by atoms with Gasteiger partial charge in [-0.3, -0.25) is 9.59 Å². The van der Waals surface area contributed by atoms with Crippen molar-refractivity contribution in [3.63, 3.8) is 0 Å². The first-order valence-electron chi connectivity index (χ1n) is 9.66. The molecule has 0 radical (unpaired) electrons. The van der Waals surface area contributed by atoms with Crippen molar-refractivity contribution >= 4 is 17.4 Å². The minimum atomic E-state index is -0.788. The van der Waals surface area contributed by atoms with Crippen LogP contribution in [0.5, 0.6) is 11.5 Å². The Kier molecular flexibility index (Phi) is 6.85. The fraction of sp³-hybridized carbons (Fsp3) is 0.217. The van der Waals surface area contributed by atoms with Crippen molar-refractivity contribution < 1.29 is 23.5 Å². The van der Waals surface area contributed by atoms with E-state index >= 15 is 0 Å². The van der Waals surface area contributed by atoms with E-state index in [2.05, 4.69) is 5.32 Å². The second-order valence-corrected chi connectivity index (χ2v) is 6.46. The summed E-state index contributed by atoms with van der Waals surface area (Å²) in [7, 11) is 0. The zero-order valence-electron chi connectivity index (χ0n) is 16.9. The van der Waals surface area contributed by atoms with Gasteiger partial charge in [-0.1, -0.05) is 12.1 Å². The number of rotatable bonds is 9. The van der Waals surface area contributed by atoms with E-state index in [1.807, 2.05) is 13.8 Å². The SMILES string of the molecule is CCOc1ccc(OCC)c(NC(=O)C(=O)c2cccn2Cc2ccc(F)cc2)c1. The van der Waals surface area contributed by atoms with Crippen molar-refractivity contribution in [1.82, 2.24) is 4.57 Å². The van der Waals surface area contributed by atoms with E-state index in [9.17, 15) is 14.0 Å². The first kappa shape index (κ1) is 21.1. The molecule has 0 spiro atoms. The average molecular weight is 410 g/mol. The van der Waals surface area contributed by atoms with Gasteiger partial charge in [0.25, 0.3) is 11.7 Å². The molecule has 0 unspecified atom stereocenters. The van der Waals surface area contributed by atoms with Crippen LogP contribution >= 0.6 is 0 Å². The number of ketones is 1. The van der Waals surface area contributed by atoms with Crippen LogP contribution in [0.3, 0.4) is 0 Å². The van der Waals surface area contributed by atoms with Crippen LogP contribution in [-0.4, -0.2) is 29.5 Å². The maximum atomic E-state index is 13.1. The van der Waals surface area contributed by atoms with Gasteiger partial charge >= 0.3 is 0 Å². The summed E-state index contributed by atoms with van der Waals surface area (Å²) < 4.78 is 25.8. The molecule has 0 atom stereocenters. The van der Waals surface area contributed by atoms with Gasteiger partial charge in [0.2, 0.25) is 0 Å². The molecule has 0 aliphatic rings. The second-order valence-electron chi connectivity index (χ2n) is 6.46. The summed E-state index contributed by atoms with van der Waals surface area (Å²) in [5.41, 5.74) is 1.40. The van der Waals surface area contributed by atoms with Gasteiger partial charge in [0.1, 0.15) is 17.3 Å². The molecule has 1 N–H and O–H groups in total. The molecule has 6 nitrogen and oxygen atoms in total. The number of carbonyl (C=O) groups excluding carboxylic acids is 2. The largest absolute Gasteiger partial charge is 0.494 e. The summed E-state index contributed by atoms with van der Waals surface area (Å²) in [5.74, 6) is -0.802. The van der Waals surface area contributed by atoms with E-state index in [1.165, 1.54) is 12.1 Å². The number of halogens is 1. The Bertz CT molecular complexity index is 1030. The lowest BCUT2D eigenvalue weighted by Crippen LogP contribution is -2.25. The summed E-state index contributed by atoms with van der Waals surface area (Å²) in [4.78, 5) is 25.5. The summed E-state index contributed by atoms with van der Waals surface area (Å²) in [6.45, 7) is 4.90. The maximum absolute atomic E-state index is 13.1. The lowest BCUT2D eigenvalue weighted by Gasteiger charge is -2.14. The predicted octanol–water partition coefficient (Wildman–Crippen LogP) is 4.29. The second kappa shape index (κ2) is 9.73. The Morgan fingerprint density at radius 3 is 2.43 bits per heavy atom. The lowest BCUT2D eigenvalue weighted by molar-refractivity contribution is -0.112. The highest BCUT2D eigenvalue weighted by molar-refractivity contribution is 6.46. The minimum absolute atomic E-state index is 0.232. The molecule has 156 valence electrons. The molecule has 30 heavy (non-hydrogen) atoms. The molecule has 0 aliphatic carbocycles. The van der Waals surface area contributed by atoms with E-state index in [4.69, 9.17) is 9.47 Å². The predicted molar refractivity (Wildman–Crippen MR) is 112 cm³/mol. The number of ether oxygens (including phenoxy) is 2. The van der Waals surface area contributed by atoms with Crippen molar-refractivity contribution in [1.29, 1.82) is 0 Å². The van der Waals surface area contributed by atoms with Gasteiger partial charge in [0, 0.05) is 18.8 Å². The van der Waals surface area contributed by atoms with Crippen molar-refractivity contribution in [2.75, 3.05) is 18.5 Å². The highest BCUT2D eigenvalue weighted by atomic mass is 19.1. The fourth-order valence-electron chi connectivity index (χ4n) is 2.98. The Morgan fingerprint density at radius 1 is 1.00 bits per heavy atom. The Labute approximate surface area is 174 Å². The van der Waals surface area contributed by atoms with Crippen molar-refractivity contribution in [2.45, 2.75) is 20.4 Å². The standard InChI is InChI=1S/C23H23FN2O4/c1-3-29-18-11-12-21(30-4-2)19(14-18)25-23(28)22(27)20-6-5-13-26(20)15-16-7-9-17(24)10-8-16/h5-14H,3-4,15H2,1-2H3,(H,25,28). The van der Waals surface area contributed by atoms with Crippen LogP contribution in [0.25, 0.3) is 0 Å². The Morgan fingerprint density at radius 2 is 1.73 bits per heavy atom. The first-order chi connectivity index (χ1) is 14.5. The van der Waals surface area contributed by atoms with E-state index in [1.54, 1.807) is 53.2 Å². The summed E-state index contributed by atoms with van der Waals surface area (Å²) in [6, 6.07) is 14.3. The summed E-state index contributed by atoms with van der Waals surface area (Å²) >= 11 is 0. The number of nitrogens with zero attached hydrogens (tertiary/aromatic N) is 1. The van der Waals surface area contributed by atoms with Gasteiger partial charge in [-0.15, -0.1) is 0 Å². The minimum Gasteiger partial charge on any atom is -0.494 e. The molecule has 7 heteroatoms. The van der Waals surface area contributed by atoms with Crippen LogP contribution in [0, 0.1) is 5.82 Å². The van der Waals surface area contributed by atoms with Crippen LogP contribution in [-0.2, 0) is 11.3 Å². The molecule has 3 aromatic rings. The molecule has 0 fully saturated rings. The van der Waals surface area contributed by atoms with E-state index in [-0.39, 0.29) is 11.5 Å². The summed E-state index contributed by atoms with van der Waals surface area (Å²) in [5, 5.41) is 2.62. The fourth-order valence-corrected chi connectivity index (χ4v) is 2.98. The number of anilines is 1. The molecular weight excluding hydrogens is 387 g/mol. The van der Waals surface area contributed by atoms with Gasteiger partial charge < -0.3 is 19.4 Å². The van der Waals surface area contributed by atoms with Gasteiger partial charge in [-0.2, -0.15) is 0 Å². The Balaban J connectivity index is 1.78. The van der Waals surface area contributed by atoms with Gasteiger partial charge in [0.05, 0.1) is 24.6 Å². The van der Waals surface area contributed by atoms with E-state index in [0.29, 0.717) is 36.9 Å². The smallest absolute Gasteiger partial charge is 0.298 e. The molecule has 0 saturated carbocycles. The van der Waals surface area contributed by atoms with E-state index < -0.39 is 11.7 Å². The number of hydrogen-bond donors (Lipinski definition) is 1. The molecule has 1 heterocycles. The number of nitrogens with one attached hydrogen (secondary N) is 1. The monoisotopic (exact) mass is 410 g/mol. The first-order valence-corrected chi connectivity index (χ1v) is 9.66. The number of aromatic nitrogens is 1. The van der Waals surface area contributed by atoms with Crippen LogP contribution in [0.15, 0.2) is 60.8 Å². The molecule has 0 bridgehead atoms. The van der Waals surface area contributed by atoms with Crippen LogP contribution in [0.1, 0.15) is 29.9 Å². The molecule has 1 aromatic heterocycles. The molecule has 0 aliphatic heterocycles. The number of amides is 1. The number of hydrogen-bond acceptors (Lipinski definition) is 4. The average Bonchev–Trinajstić information content (AvgIpc) is 3.19. The van der Waals surface area contributed by atoms with Gasteiger partial charge in [-0.05, 0) is 55.8 Å². The number of benzene rings is 2. The molecule has 2 aromatic carbocycles. The van der Waals surface area contributed by atoms with Crippen molar-refractivity contribution in [3.8, 4) is 11.5 Å². The van der Waals surface area contributed by atoms with Gasteiger partial charge in [-0.25, -0.2) is 4.39 Å².